The zero-order valence-corrected chi connectivity index (χ0v) is 13.2. The maximum atomic E-state index is 11.7. The SMILES string of the molecule is CC(C)Oc1cc(-c2cccc3c2NCCC(=O)N3)cnc1N. The number of carbonyl (C=O) groups excluding carboxylic acids is 1. The Bertz CT molecular complexity index is 743. The summed E-state index contributed by atoms with van der Waals surface area (Å²) in [4.78, 5) is 15.9. The van der Waals surface area contributed by atoms with Gasteiger partial charge in [-0.1, -0.05) is 12.1 Å². The maximum Gasteiger partial charge on any atom is 0.226 e. The van der Waals surface area contributed by atoms with E-state index in [0.717, 1.165) is 22.5 Å². The van der Waals surface area contributed by atoms with Gasteiger partial charge in [0, 0.05) is 30.3 Å². The number of benzene rings is 1. The standard InChI is InChI=1S/C17H20N4O2/c1-10(2)23-14-8-11(9-20-17(14)18)12-4-3-5-13-16(12)19-7-6-15(22)21-13/h3-5,8-10,19H,6-7H2,1-2H3,(H2,18,20)(H,21,22). The average Bonchev–Trinajstić information content (AvgIpc) is 2.69. The number of nitrogens with one attached hydrogen (secondary N) is 2. The van der Waals surface area contributed by atoms with Crippen LogP contribution in [0.4, 0.5) is 17.2 Å². The van der Waals surface area contributed by atoms with Crippen LogP contribution in [0, 0.1) is 0 Å². The smallest absolute Gasteiger partial charge is 0.226 e. The van der Waals surface area contributed by atoms with Crippen LogP contribution in [-0.4, -0.2) is 23.5 Å². The second-order valence-electron chi connectivity index (χ2n) is 5.73. The van der Waals surface area contributed by atoms with Crippen LogP contribution >= 0.6 is 0 Å². The summed E-state index contributed by atoms with van der Waals surface area (Å²) in [5.41, 5.74) is 9.38. The highest BCUT2D eigenvalue weighted by Gasteiger charge is 2.17. The van der Waals surface area contributed by atoms with Gasteiger partial charge in [0.2, 0.25) is 5.91 Å². The highest BCUT2D eigenvalue weighted by Crippen LogP contribution is 2.37. The van der Waals surface area contributed by atoms with Crippen LogP contribution in [0.3, 0.4) is 0 Å². The first-order valence-corrected chi connectivity index (χ1v) is 7.64. The first-order valence-electron chi connectivity index (χ1n) is 7.64. The number of hydrogen-bond acceptors (Lipinski definition) is 5. The first-order chi connectivity index (χ1) is 11.0. The van der Waals surface area contributed by atoms with E-state index in [9.17, 15) is 4.79 Å². The highest BCUT2D eigenvalue weighted by atomic mass is 16.5. The third kappa shape index (κ3) is 3.21. The van der Waals surface area contributed by atoms with Gasteiger partial charge in [-0.15, -0.1) is 0 Å². The maximum absolute atomic E-state index is 11.7. The van der Waals surface area contributed by atoms with Crippen LogP contribution in [0.5, 0.6) is 5.75 Å². The lowest BCUT2D eigenvalue weighted by atomic mass is 10.0. The van der Waals surface area contributed by atoms with E-state index in [4.69, 9.17) is 10.5 Å². The number of nitrogens with zero attached hydrogens (tertiary/aromatic N) is 1. The van der Waals surface area contributed by atoms with Gasteiger partial charge in [-0.25, -0.2) is 4.98 Å². The molecule has 0 aliphatic carbocycles. The molecule has 0 fully saturated rings. The molecule has 0 atom stereocenters. The lowest BCUT2D eigenvalue weighted by Gasteiger charge is -2.16. The molecule has 0 saturated heterocycles. The Kier molecular flexibility index (Phi) is 4.06. The summed E-state index contributed by atoms with van der Waals surface area (Å²) < 4.78 is 5.72. The Balaban J connectivity index is 2.06. The molecular formula is C17H20N4O2. The fraction of sp³-hybridized carbons (Fsp3) is 0.294. The molecule has 4 N–H and O–H groups in total. The number of nitrogens with two attached hydrogens (primary N) is 1. The molecule has 3 rings (SSSR count). The van der Waals surface area contributed by atoms with Gasteiger partial charge in [0.15, 0.2) is 11.6 Å². The molecule has 1 aliphatic rings. The number of amides is 1. The molecule has 1 aromatic heterocycles. The topological polar surface area (TPSA) is 89.3 Å². The summed E-state index contributed by atoms with van der Waals surface area (Å²) >= 11 is 0. The van der Waals surface area contributed by atoms with Gasteiger partial charge in [0.05, 0.1) is 17.5 Å². The lowest BCUT2D eigenvalue weighted by molar-refractivity contribution is -0.115. The van der Waals surface area contributed by atoms with Crippen LogP contribution in [0.25, 0.3) is 11.1 Å². The molecule has 1 aliphatic heterocycles. The van der Waals surface area contributed by atoms with Gasteiger partial charge in [-0.2, -0.15) is 0 Å². The summed E-state index contributed by atoms with van der Waals surface area (Å²) in [7, 11) is 0. The van der Waals surface area contributed by atoms with Gasteiger partial charge in [0.25, 0.3) is 0 Å². The number of anilines is 3. The van der Waals surface area contributed by atoms with Gasteiger partial charge < -0.3 is 21.1 Å². The Morgan fingerprint density at radius 3 is 2.96 bits per heavy atom. The molecule has 0 unspecified atom stereocenters. The molecular weight excluding hydrogens is 292 g/mol. The quantitative estimate of drug-likeness (QED) is 0.811. The summed E-state index contributed by atoms with van der Waals surface area (Å²) in [6.07, 6.45) is 2.17. The number of aromatic nitrogens is 1. The van der Waals surface area contributed by atoms with Crippen molar-refractivity contribution in [3.63, 3.8) is 0 Å². The van der Waals surface area contributed by atoms with Gasteiger partial charge in [0.1, 0.15) is 0 Å². The van der Waals surface area contributed by atoms with Crippen molar-refractivity contribution in [2.75, 3.05) is 22.9 Å². The Morgan fingerprint density at radius 2 is 2.17 bits per heavy atom. The number of hydrogen-bond donors (Lipinski definition) is 3. The normalized spacial score (nSPS) is 13.8. The van der Waals surface area contributed by atoms with Gasteiger partial charge in [-0.05, 0) is 26.0 Å². The van der Waals surface area contributed by atoms with Crippen molar-refractivity contribution in [3.05, 3.63) is 30.5 Å². The van der Waals surface area contributed by atoms with Gasteiger partial charge in [-0.3, -0.25) is 4.79 Å². The second-order valence-corrected chi connectivity index (χ2v) is 5.73. The number of ether oxygens (including phenoxy) is 1. The number of nitrogen functional groups attached to an aromatic ring is 1. The van der Waals surface area contributed by atoms with Crippen LogP contribution in [-0.2, 0) is 4.79 Å². The fourth-order valence-corrected chi connectivity index (χ4v) is 2.55. The van der Waals surface area contributed by atoms with E-state index in [1.807, 2.05) is 38.1 Å². The Morgan fingerprint density at radius 1 is 1.35 bits per heavy atom. The monoisotopic (exact) mass is 312 g/mol. The van der Waals surface area contributed by atoms with Crippen molar-refractivity contribution in [1.82, 2.24) is 4.98 Å². The Labute approximate surface area is 135 Å². The van der Waals surface area contributed by atoms with E-state index in [1.54, 1.807) is 6.20 Å². The van der Waals surface area contributed by atoms with E-state index < -0.39 is 0 Å². The second kappa shape index (κ2) is 6.16. The molecule has 6 nitrogen and oxygen atoms in total. The van der Waals surface area contributed by atoms with Crippen molar-refractivity contribution in [2.45, 2.75) is 26.4 Å². The molecule has 2 heterocycles. The number of para-hydroxylation sites is 1. The lowest BCUT2D eigenvalue weighted by Crippen LogP contribution is -2.10. The van der Waals surface area contributed by atoms with E-state index in [0.29, 0.717) is 24.5 Å². The predicted octanol–water partition coefficient (Wildman–Crippen LogP) is 2.87. The van der Waals surface area contributed by atoms with E-state index >= 15 is 0 Å². The molecule has 6 heteroatoms. The molecule has 23 heavy (non-hydrogen) atoms. The zero-order chi connectivity index (χ0) is 16.4. The minimum Gasteiger partial charge on any atom is -0.487 e. The largest absolute Gasteiger partial charge is 0.487 e. The Hall–Kier alpha value is -2.76. The van der Waals surface area contributed by atoms with Crippen LogP contribution in [0.2, 0.25) is 0 Å². The summed E-state index contributed by atoms with van der Waals surface area (Å²) in [6, 6.07) is 7.65. The van der Waals surface area contributed by atoms with Crippen molar-refractivity contribution >= 4 is 23.1 Å². The molecule has 0 spiro atoms. The third-order valence-corrected chi connectivity index (χ3v) is 3.55. The van der Waals surface area contributed by atoms with Crippen molar-refractivity contribution in [1.29, 1.82) is 0 Å². The van der Waals surface area contributed by atoms with Gasteiger partial charge >= 0.3 is 0 Å². The third-order valence-electron chi connectivity index (χ3n) is 3.55. The molecule has 1 amide bonds. The number of rotatable bonds is 3. The minimum absolute atomic E-state index is 0.00709. The molecule has 0 radical (unpaired) electrons. The first kappa shape index (κ1) is 15.1. The number of carbonyl (C=O) groups is 1. The summed E-state index contributed by atoms with van der Waals surface area (Å²) in [5.74, 6) is 0.936. The minimum atomic E-state index is 0.00709. The van der Waals surface area contributed by atoms with Crippen LogP contribution in [0.1, 0.15) is 20.3 Å². The van der Waals surface area contributed by atoms with Crippen molar-refractivity contribution < 1.29 is 9.53 Å². The molecule has 120 valence electrons. The fourth-order valence-electron chi connectivity index (χ4n) is 2.55. The molecule has 0 saturated carbocycles. The zero-order valence-electron chi connectivity index (χ0n) is 13.2. The van der Waals surface area contributed by atoms with Crippen LogP contribution in [0.15, 0.2) is 30.5 Å². The van der Waals surface area contributed by atoms with E-state index in [-0.39, 0.29) is 12.0 Å². The highest BCUT2D eigenvalue weighted by molar-refractivity contribution is 5.99. The molecule has 0 bridgehead atoms. The number of pyridine rings is 1. The summed E-state index contributed by atoms with van der Waals surface area (Å²) in [6.45, 7) is 4.48. The van der Waals surface area contributed by atoms with E-state index in [1.165, 1.54) is 0 Å². The van der Waals surface area contributed by atoms with E-state index in [2.05, 4.69) is 15.6 Å². The molecule has 1 aromatic carbocycles. The average molecular weight is 312 g/mol. The summed E-state index contributed by atoms with van der Waals surface area (Å²) in [5, 5.41) is 6.23. The predicted molar refractivity (Wildman–Crippen MR) is 91.6 cm³/mol. The number of fused-ring (bicyclic) bond motifs is 1. The van der Waals surface area contributed by atoms with Crippen molar-refractivity contribution in [2.24, 2.45) is 0 Å². The van der Waals surface area contributed by atoms with Crippen molar-refractivity contribution in [3.8, 4) is 16.9 Å². The van der Waals surface area contributed by atoms with Crippen LogP contribution < -0.4 is 21.1 Å². The molecule has 2 aromatic rings.